The lowest BCUT2D eigenvalue weighted by molar-refractivity contribution is -0.141. The minimum Gasteiger partial charge on any atom is -0.375 e. The number of carbonyl (C=O) groups excluding carboxylic acids is 2. The van der Waals surface area contributed by atoms with Crippen LogP contribution < -0.4 is 5.32 Å². The number of aliphatic hydroxyl groups is 1. The molecule has 3 aliphatic rings. The Bertz CT molecular complexity index is 666. The molecule has 1 aliphatic heterocycles. The summed E-state index contributed by atoms with van der Waals surface area (Å²) in [5.74, 6) is 0.274. The van der Waals surface area contributed by atoms with Crippen molar-refractivity contribution in [3.63, 3.8) is 0 Å². The number of Topliss-reactive ketones (excluding diaryl/α,β-unsaturated/α-hetero) is 1. The Morgan fingerprint density at radius 1 is 1.29 bits per heavy atom. The molecule has 1 amide bonds. The number of benzene rings is 1. The van der Waals surface area contributed by atoms with Gasteiger partial charge in [-0.3, -0.25) is 9.59 Å². The Kier molecular flexibility index (Phi) is 2.60. The summed E-state index contributed by atoms with van der Waals surface area (Å²) in [5, 5.41) is 13.4. The van der Waals surface area contributed by atoms with Gasteiger partial charge in [-0.25, -0.2) is 0 Å². The van der Waals surface area contributed by atoms with Gasteiger partial charge in [0.15, 0.2) is 5.60 Å². The number of fused-ring (bicyclic) bond motifs is 3. The first-order valence-corrected chi connectivity index (χ1v) is 7.42. The number of hydrogen-bond acceptors (Lipinski definition) is 3. The standard InChI is InChI=1S/C17H17NO3/c19-15(12-8-10-5-6-11(12)7-10)9-17(21)13-3-1-2-4-14(13)18-16(17)20/h1-6,10-12,21H,7-9H2,(H,18,20)/t10-,11-,12-,17+/m0/s1. The zero-order chi connectivity index (χ0) is 14.6. The zero-order valence-corrected chi connectivity index (χ0v) is 11.6. The normalized spacial score (nSPS) is 35.9. The highest BCUT2D eigenvalue weighted by atomic mass is 16.3. The summed E-state index contributed by atoms with van der Waals surface area (Å²) in [6, 6.07) is 7.03. The van der Waals surface area contributed by atoms with Crippen molar-refractivity contribution in [2.24, 2.45) is 17.8 Å². The first-order chi connectivity index (χ1) is 10.1. The Labute approximate surface area is 122 Å². The molecule has 1 heterocycles. The monoisotopic (exact) mass is 283 g/mol. The van der Waals surface area contributed by atoms with Crippen LogP contribution in [0, 0.1) is 17.8 Å². The molecule has 1 aromatic rings. The second-order valence-electron chi connectivity index (χ2n) is 6.39. The first kappa shape index (κ1) is 12.8. The second kappa shape index (κ2) is 4.28. The van der Waals surface area contributed by atoms with Crippen molar-refractivity contribution in [3.05, 3.63) is 42.0 Å². The van der Waals surface area contributed by atoms with Crippen molar-refractivity contribution in [2.45, 2.75) is 24.9 Å². The van der Waals surface area contributed by atoms with Crippen LogP contribution in [-0.2, 0) is 15.2 Å². The molecule has 4 rings (SSSR count). The maximum atomic E-state index is 12.6. The molecule has 2 N–H and O–H groups in total. The average molecular weight is 283 g/mol. The van der Waals surface area contributed by atoms with Gasteiger partial charge in [-0.2, -0.15) is 0 Å². The lowest BCUT2D eigenvalue weighted by Crippen LogP contribution is -2.38. The first-order valence-electron chi connectivity index (χ1n) is 7.42. The van der Waals surface area contributed by atoms with E-state index in [2.05, 4.69) is 17.5 Å². The van der Waals surface area contributed by atoms with E-state index in [0.717, 1.165) is 12.8 Å². The number of para-hydroxylation sites is 1. The van der Waals surface area contributed by atoms with E-state index in [1.807, 2.05) is 0 Å². The van der Waals surface area contributed by atoms with E-state index in [9.17, 15) is 14.7 Å². The fourth-order valence-electron chi connectivity index (χ4n) is 4.01. The molecule has 0 aromatic heterocycles. The topological polar surface area (TPSA) is 66.4 Å². The fourth-order valence-corrected chi connectivity index (χ4v) is 4.01. The summed E-state index contributed by atoms with van der Waals surface area (Å²) in [6.45, 7) is 0. The molecule has 21 heavy (non-hydrogen) atoms. The van der Waals surface area contributed by atoms with Gasteiger partial charge in [0.1, 0.15) is 5.78 Å². The zero-order valence-electron chi connectivity index (χ0n) is 11.6. The van der Waals surface area contributed by atoms with Crippen molar-refractivity contribution >= 4 is 17.4 Å². The molecule has 1 saturated carbocycles. The summed E-state index contributed by atoms with van der Waals surface area (Å²) in [7, 11) is 0. The van der Waals surface area contributed by atoms with Gasteiger partial charge in [0, 0.05) is 23.6 Å². The van der Waals surface area contributed by atoms with Crippen LogP contribution in [0.25, 0.3) is 0 Å². The predicted octanol–water partition coefficient (Wildman–Crippen LogP) is 2.00. The highest BCUT2D eigenvalue weighted by molar-refractivity contribution is 6.07. The molecular formula is C17H17NO3. The number of nitrogens with one attached hydrogen (secondary N) is 1. The number of rotatable bonds is 3. The van der Waals surface area contributed by atoms with Gasteiger partial charge in [-0.1, -0.05) is 30.4 Å². The van der Waals surface area contributed by atoms with Crippen LogP contribution in [-0.4, -0.2) is 16.8 Å². The summed E-state index contributed by atoms with van der Waals surface area (Å²) >= 11 is 0. The largest absolute Gasteiger partial charge is 0.375 e. The SMILES string of the molecule is O=C(C[C@]1(O)C(=O)Nc2ccccc21)[C@H]1C[C@H]2C=C[C@H]1C2. The minimum absolute atomic E-state index is 0.00111. The van der Waals surface area contributed by atoms with E-state index < -0.39 is 11.5 Å². The number of hydrogen-bond donors (Lipinski definition) is 2. The number of allylic oxidation sites excluding steroid dienone is 2. The van der Waals surface area contributed by atoms with E-state index in [4.69, 9.17) is 0 Å². The molecule has 2 aliphatic carbocycles. The lowest BCUT2D eigenvalue weighted by atomic mass is 9.81. The summed E-state index contributed by atoms with van der Waals surface area (Å²) in [5.41, 5.74) is -0.591. The van der Waals surface area contributed by atoms with Crippen molar-refractivity contribution < 1.29 is 14.7 Å². The maximum absolute atomic E-state index is 12.6. The quantitative estimate of drug-likeness (QED) is 0.834. The highest BCUT2D eigenvalue weighted by Crippen LogP contribution is 2.46. The molecule has 0 spiro atoms. The Morgan fingerprint density at radius 3 is 2.81 bits per heavy atom. The Morgan fingerprint density at radius 2 is 2.10 bits per heavy atom. The van der Waals surface area contributed by atoms with Crippen molar-refractivity contribution in [1.82, 2.24) is 0 Å². The van der Waals surface area contributed by atoms with Crippen LogP contribution in [0.1, 0.15) is 24.8 Å². The third kappa shape index (κ3) is 1.79. The lowest BCUT2D eigenvalue weighted by Gasteiger charge is -2.24. The number of amides is 1. The molecule has 0 saturated heterocycles. The molecular weight excluding hydrogens is 266 g/mol. The molecule has 2 bridgehead atoms. The molecule has 1 aromatic carbocycles. The third-order valence-electron chi connectivity index (χ3n) is 5.12. The van der Waals surface area contributed by atoms with Gasteiger partial charge >= 0.3 is 0 Å². The van der Waals surface area contributed by atoms with Gasteiger partial charge in [0.25, 0.3) is 5.91 Å². The van der Waals surface area contributed by atoms with E-state index in [-0.39, 0.29) is 18.1 Å². The van der Waals surface area contributed by atoms with Crippen LogP contribution >= 0.6 is 0 Å². The summed E-state index contributed by atoms with van der Waals surface area (Å²) < 4.78 is 0. The fraction of sp³-hybridized carbons (Fsp3) is 0.412. The minimum atomic E-state index is -1.71. The van der Waals surface area contributed by atoms with Gasteiger partial charge in [0.05, 0.1) is 0 Å². The summed E-state index contributed by atoms with van der Waals surface area (Å²) in [4.78, 5) is 24.7. The Hall–Kier alpha value is -1.94. The van der Waals surface area contributed by atoms with Crippen LogP contribution in [0.2, 0.25) is 0 Å². The number of anilines is 1. The van der Waals surface area contributed by atoms with Crippen molar-refractivity contribution in [2.75, 3.05) is 5.32 Å². The molecule has 0 radical (unpaired) electrons. The second-order valence-corrected chi connectivity index (χ2v) is 6.39. The molecule has 4 heteroatoms. The highest BCUT2D eigenvalue weighted by Gasteiger charge is 2.49. The van der Waals surface area contributed by atoms with Crippen LogP contribution in [0.4, 0.5) is 5.69 Å². The van der Waals surface area contributed by atoms with Crippen LogP contribution in [0.5, 0.6) is 0 Å². The van der Waals surface area contributed by atoms with Crippen LogP contribution in [0.15, 0.2) is 36.4 Å². The molecule has 0 unspecified atom stereocenters. The predicted molar refractivity (Wildman–Crippen MR) is 77.4 cm³/mol. The Balaban J connectivity index is 1.60. The van der Waals surface area contributed by atoms with Gasteiger partial charge < -0.3 is 10.4 Å². The van der Waals surface area contributed by atoms with Crippen LogP contribution in [0.3, 0.4) is 0 Å². The summed E-state index contributed by atoms with van der Waals surface area (Å²) in [6.07, 6.45) is 6.07. The molecule has 4 atom stereocenters. The van der Waals surface area contributed by atoms with Gasteiger partial charge in [-0.05, 0) is 30.7 Å². The van der Waals surface area contributed by atoms with E-state index >= 15 is 0 Å². The smallest absolute Gasteiger partial charge is 0.261 e. The van der Waals surface area contributed by atoms with E-state index in [1.165, 1.54) is 0 Å². The molecule has 108 valence electrons. The number of carbonyl (C=O) groups is 2. The van der Waals surface area contributed by atoms with Gasteiger partial charge in [0.2, 0.25) is 0 Å². The average Bonchev–Trinajstić information content (AvgIpc) is 3.15. The molecule has 4 nitrogen and oxygen atoms in total. The van der Waals surface area contributed by atoms with Gasteiger partial charge in [-0.15, -0.1) is 0 Å². The maximum Gasteiger partial charge on any atom is 0.261 e. The van der Waals surface area contributed by atoms with E-state index in [1.54, 1.807) is 24.3 Å². The van der Waals surface area contributed by atoms with E-state index in [0.29, 0.717) is 23.1 Å². The number of ketones is 1. The molecule has 1 fully saturated rings. The van der Waals surface area contributed by atoms with Crippen molar-refractivity contribution in [3.8, 4) is 0 Å². The van der Waals surface area contributed by atoms with Crippen molar-refractivity contribution in [1.29, 1.82) is 0 Å². The third-order valence-corrected chi connectivity index (χ3v) is 5.12.